The number of nitrogens with one attached hydrogen (secondary N) is 1. The number of aryl methyl sites for hydroxylation is 1. The summed E-state index contributed by atoms with van der Waals surface area (Å²) < 4.78 is 21.4. The van der Waals surface area contributed by atoms with Crippen LogP contribution in [0.15, 0.2) is 27.8 Å². The Labute approximate surface area is 198 Å². The van der Waals surface area contributed by atoms with Crippen molar-refractivity contribution in [1.82, 2.24) is 10.2 Å². The molecule has 3 aromatic rings. The first-order chi connectivity index (χ1) is 16.0. The fourth-order valence-electron chi connectivity index (χ4n) is 3.52. The molecule has 9 nitrogen and oxygen atoms in total. The van der Waals surface area contributed by atoms with Crippen molar-refractivity contribution in [3.8, 4) is 23.0 Å². The van der Waals surface area contributed by atoms with E-state index >= 15 is 0 Å². The number of thiophene rings is 1. The first-order valence-electron chi connectivity index (χ1n) is 10.3. The van der Waals surface area contributed by atoms with Crippen molar-refractivity contribution in [2.24, 2.45) is 0 Å². The van der Waals surface area contributed by atoms with Crippen LogP contribution in [0.1, 0.15) is 34.1 Å². The lowest BCUT2D eigenvalue weighted by Crippen LogP contribution is -2.16. The summed E-state index contributed by atoms with van der Waals surface area (Å²) in [4.78, 5) is 26.2. The minimum atomic E-state index is -0.393. The van der Waals surface area contributed by atoms with Gasteiger partial charge in [0, 0.05) is 16.5 Å². The van der Waals surface area contributed by atoms with Crippen molar-refractivity contribution in [3.63, 3.8) is 0 Å². The summed E-state index contributed by atoms with van der Waals surface area (Å²) in [5.41, 5.74) is 2.12. The van der Waals surface area contributed by atoms with E-state index in [0.29, 0.717) is 27.6 Å². The standard InChI is InChI=1S/C22H23N3O6S2/c1-4-30-21(27)18-15-6-5-7-16(15)33-20(18)23-17(26)11-32-22-25-24-19(31-22)12-8-13(28-2)10-14(9-12)29-3/h8-10H,4-7,11H2,1-3H3,(H,23,26). The van der Waals surface area contributed by atoms with E-state index in [0.717, 1.165) is 41.5 Å². The van der Waals surface area contributed by atoms with Gasteiger partial charge in [-0.2, -0.15) is 0 Å². The van der Waals surface area contributed by atoms with Crippen molar-refractivity contribution in [1.29, 1.82) is 0 Å². The van der Waals surface area contributed by atoms with Crippen molar-refractivity contribution in [2.75, 3.05) is 31.9 Å². The number of ether oxygens (including phenoxy) is 3. The fraction of sp³-hybridized carbons (Fsp3) is 0.364. The number of nitrogens with zero attached hydrogens (tertiary/aromatic N) is 2. The molecule has 1 amide bonds. The first kappa shape index (κ1) is 23.1. The minimum absolute atomic E-state index is 0.0495. The molecule has 0 fully saturated rings. The molecule has 0 saturated carbocycles. The Morgan fingerprint density at radius 3 is 2.61 bits per heavy atom. The van der Waals surface area contributed by atoms with Crippen molar-refractivity contribution < 1.29 is 28.2 Å². The number of fused-ring (bicyclic) bond motifs is 1. The van der Waals surface area contributed by atoms with Gasteiger partial charge in [-0.1, -0.05) is 11.8 Å². The van der Waals surface area contributed by atoms with Gasteiger partial charge in [-0.05, 0) is 43.9 Å². The van der Waals surface area contributed by atoms with Crippen LogP contribution in [0, 0.1) is 0 Å². The fourth-order valence-corrected chi connectivity index (χ4v) is 5.37. The zero-order chi connectivity index (χ0) is 23.4. The van der Waals surface area contributed by atoms with E-state index in [1.807, 2.05) is 0 Å². The molecule has 0 atom stereocenters. The Bertz CT molecular complexity index is 1150. The van der Waals surface area contributed by atoms with Crippen molar-refractivity contribution in [3.05, 3.63) is 34.2 Å². The molecule has 33 heavy (non-hydrogen) atoms. The third-order valence-electron chi connectivity index (χ3n) is 4.99. The van der Waals surface area contributed by atoms with Gasteiger partial charge in [0.15, 0.2) is 0 Å². The number of methoxy groups -OCH3 is 2. The molecule has 2 aromatic heterocycles. The summed E-state index contributed by atoms with van der Waals surface area (Å²) in [5, 5.41) is 11.7. The Morgan fingerprint density at radius 2 is 1.91 bits per heavy atom. The van der Waals surface area contributed by atoms with Crippen LogP contribution in [0.2, 0.25) is 0 Å². The number of benzene rings is 1. The lowest BCUT2D eigenvalue weighted by atomic mass is 10.1. The molecule has 174 valence electrons. The maximum absolute atomic E-state index is 12.6. The predicted octanol–water partition coefficient (Wildman–Crippen LogP) is 4.21. The number of rotatable bonds is 9. The maximum atomic E-state index is 12.6. The molecule has 11 heteroatoms. The molecule has 1 aliphatic rings. The average Bonchev–Trinajstić information content (AvgIpc) is 3.53. The van der Waals surface area contributed by atoms with E-state index in [4.69, 9.17) is 18.6 Å². The van der Waals surface area contributed by atoms with E-state index in [-0.39, 0.29) is 29.4 Å². The topological polar surface area (TPSA) is 113 Å². The molecule has 1 N–H and O–H groups in total. The van der Waals surface area contributed by atoms with Crippen LogP contribution in [-0.2, 0) is 22.4 Å². The van der Waals surface area contributed by atoms with Crippen LogP contribution < -0.4 is 14.8 Å². The van der Waals surface area contributed by atoms with Crippen LogP contribution >= 0.6 is 23.1 Å². The number of carbonyl (C=O) groups excluding carboxylic acids is 2. The van der Waals surface area contributed by atoms with Gasteiger partial charge in [-0.15, -0.1) is 21.5 Å². The summed E-state index contributed by atoms with van der Waals surface area (Å²) in [6.07, 6.45) is 2.75. The van der Waals surface area contributed by atoms with Crippen molar-refractivity contribution in [2.45, 2.75) is 31.4 Å². The van der Waals surface area contributed by atoms with E-state index in [1.165, 1.54) is 11.3 Å². The predicted molar refractivity (Wildman–Crippen MR) is 124 cm³/mol. The second kappa shape index (κ2) is 10.3. The van der Waals surface area contributed by atoms with Gasteiger partial charge in [0.05, 0.1) is 32.1 Å². The summed E-state index contributed by atoms with van der Waals surface area (Å²) in [5.74, 6) is 0.860. The monoisotopic (exact) mass is 489 g/mol. The van der Waals surface area contributed by atoms with Gasteiger partial charge >= 0.3 is 5.97 Å². The van der Waals surface area contributed by atoms with Crippen molar-refractivity contribution >= 4 is 40.0 Å². The van der Waals surface area contributed by atoms with E-state index in [1.54, 1.807) is 39.3 Å². The first-order valence-corrected chi connectivity index (χ1v) is 12.1. The summed E-state index contributed by atoms with van der Waals surface area (Å²) in [7, 11) is 3.11. The summed E-state index contributed by atoms with van der Waals surface area (Å²) in [6.45, 7) is 2.05. The highest BCUT2D eigenvalue weighted by molar-refractivity contribution is 7.99. The number of hydrogen-bond donors (Lipinski definition) is 1. The zero-order valence-electron chi connectivity index (χ0n) is 18.4. The number of hydrogen-bond acceptors (Lipinski definition) is 10. The molecule has 2 heterocycles. The van der Waals surface area contributed by atoms with Crippen LogP contribution in [0.25, 0.3) is 11.5 Å². The molecule has 0 radical (unpaired) electrons. The zero-order valence-corrected chi connectivity index (χ0v) is 20.1. The Balaban J connectivity index is 1.42. The van der Waals surface area contributed by atoms with Gasteiger partial charge in [0.1, 0.15) is 16.5 Å². The highest BCUT2D eigenvalue weighted by atomic mass is 32.2. The number of thioether (sulfide) groups is 1. The smallest absolute Gasteiger partial charge is 0.341 e. The molecule has 0 unspecified atom stereocenters. The minimum Gasteiger partial charge on any atom is -0.497 e. The maximum Gasteiger partial charge on any atom is 0.341 e. The summed E-state index contributed by atoms with van der Waals surface area (Å²) in [6, 6.07) is 5.25. The van der Waals surface area contributed by atoms with Gasteiger partial charge in [0.2, 0.25) is 11.8 Å². The second-order valence-corrected chi connectivity index (χ2v) is 9.13. The van der Waals surface area contributed by atoms with Gasteiger partial charge in [0.25, 0.3) is 5.22 Å². The van der Waals surface area contributed by atoms with Gasteiger partial charge in [-0.3, -0.25) is 4.79 Å². The van der Waals surface area contributed by atoms with Crippen LogP contribution in [0.3, 0.4) is 0 Å². The number of anilines is 1. The Kier molecular flexibility index (Phi) is 7.19. The Hall–Kier alpha value is -3.05. The lowest BCUT2D eigenvalue weighted by molar-refractivity contribution is -0.113. The second-order valence-electron chi connectivity index (χ2n) is 7.09. The average molecular weight is 490 g/mol. The number of carbonyl (C=O) groups is 2. The quantitative estimate of drug-likeness (QED) is 0.349. The third kappa shape index (κ3) is 5.14. The molecule has 4 rings (SSSR count). The largest absolute Gasteiger partial charge is 0.497 e. The normalized spacial score (nSPS) is 12.3. The molecule has 1 aliphatic carbocycles. The van der Waals surface area contributed by atoms with Crippen LogP contribution in [0.5, 0.6) is 11.5 Å². The van der Waals surface area contributed by atoms with Gasteiger partial charge < -0.3 is 23.9 Å². The van der Waals surface area contributed by atoms with E-state index in [9.17, 15) is 9.59 Å². The molecule has 0 spiro atoms. The summed E-state index contributed by atoms with van der Waals surface area (Å²) >= 11 is 2.56. The van der Waals surface area contributed by atoms with Crippen LogP contribution in [-0.4, -0.2) is 48.7 Å². The molecule has 0 aliphatic heterocycles. The highest BCUT2D eigenvalue weighted by Crippen LogP contribution is 2.39. The highest BCUT2D eigenvalue weighted by Gasteiger charge is 2.28. The SMILES string of the molecule is CCOC(=O)c1c(NC(=O)CSc2nnc(-c3cc(OC)cc(OC)c3)o2)sc2c1CCC2. The van der Waals surface area contributed by atoms with E-state index < -0.39 is 5.97 Å². The third-order valence-corrected chi connectivity index (χ3v) is 7.01. The number of aromatic nitrogens is 2. The molecule has 0 bridgehead atoms. The Morgan fingerprint density at radius 1 is 1.15 bits per heavy atom. The molecular weight excluding hydrogens is 466 g/mol. The molecular formula is C22H23N3O6S2. The van der Waals surface area contributed by atoms with E-state index in [2.05, 4.69) is 15.5 Å². The van der Waals surface area contributed by atoms with Gasteiger partial charge in [-0.25, -0.2) is 4.79 Å². The van der Waals surface area contributed by atoms with Crippen LogP contribution in [0.4, 0.5) is 5.00 Å². The number of amides is 1. The lowest BCUT2D eigenvalue weighted by Gasteiger charge is -2.07. The molecule has 1 aromatic carbocycles. The number of esters is 1. The molecule has 0 saturated heterocycles.